The normalized spacial score (nSPS) is 15.7. The van der Waals surface area contributed by atoms with Gasteiger partial charge in [-0.3, -0.25) is 10.2 Å². The highest BCUT2D eigenvalue weighted by Gasteiger charge is 2.30. The van der Waals surface area contributed by atoms with Crippen LogP contribution in [0.1, 0.15) is 30.9 Å². The smallest absolute Gasteiger partial charge is 0.311 e. The number of benzene rings is 2. The van der Waals surface area contributed by atoms with Crippen LogP contribution in [0.5, 0.6) is 0 Å². The monoisotopic (exact) mass is 350 g/mol. The van der Waals surface area contributed by atoms with Crippen LogP contribution in [0.15, 0.2) is 60.4 Å². The Labute approximate surface area is 152 Å². The molecule has 0 saturated carbocycles. The highest BCUT2D eigenvalue weighted by Crippen LogP contribution is 2.32. The van der Waals surface area contributed by atoms with E-state index < -0.39 is 11.9 Å². The molecule has 0 amide bonds. The van der Waals surface area contributed by atoms with Crippen LogP contribution in [0.2, 0.25) is 0 Å². The summed E-state index contributed by atoms with van der Waals surface area (Å²) in [5.41, 5.74) is 2.83. The summed E-state index contributed by atoms with van der Waals surface area (Å²) in [5.74, 6) is -1.02. The van der Waals surface area contributed by atoms with Crippen molar-refractivity contribution in [3.63, 3.8) is 0 Å². The molecule has 0 radical (unpaired) electrons. The number of carboxylic acid groups (broad SMARTS) is 1. The highest BCUT2D eigenvalue weighted by molar-refractivity contribution is 6.30. The van der Waals surface area contributed by atoms with Crippen molar-refractivity contribution in [3.05, 3.63) is 71.5 Å². The zero-order valence-electron chi connectivity index (χ0n) is 14.8. The van der Waals surface area contributed by atoms with Gasteiger partial charge in [-0.25, -0.2) is 0 Å². The lowest BCUT2D eigenvalue weighted by Crippen LogP contribution is -2.26. The van der Waals surface area contributed by atoms with Crippen LogP contribution in [0.4, 0.5) is 5.69 Å². The number of aliphatic carboxylic acids is 1. The minimum absolute atomic E-state index is 0.0150. The fourth-order valence-electron chi connectivity index (χ4n) is 3.38. The van der Waals surface area contributed by atoms with E-state index in [1.807, 2.05) is 56.3 Å². The fraction of sp³-hybridized carbons (Fsp3) is 0.238. The van der Waals surface area contributed by atoms with E-state index >= 15 is 0 Å². The van der Waals surface area contributed by atoms with E-state index in [1.54, 1.807) is 17.0 Å². The molecular formula is C21H22N2O3. The Kier molecular flexibility index (Phi) is 4.80. The summed E-state index contributed by atoms with van der Waals surface area (Å²) in [6.07, 6.45) is 0. The molecule has 3 rings (SSSR count). The Bertz CT molecular complexity index is 855. The van der Waals surface area contributed by atoms with E-state index in [4.69, 9.17) is 5.41 Å². The minimum Gasteiger partial charge on any atom is -0.510 e. The summed E-state index contributed by atoms with van der Waals surface area (Å²) in [5, 5.41) is 28.2. The van der Waals surface area contributed by atoms with E-state index in [1.165, 1.54) is 0 Å². The maximum Gasteiger partial charge on any atom is 0.311 e. The molecule has 3 N–H and O–H groups in total. The third-order valence-electron chi connectivity index (χ3n) is 4.66. The molecule has 0 saturated heterocycles. The maximum atomic E-state index is 11.5. The summed E-state index contributed by atoms with van der Waals surface area (Å²) in [6.45, 7) is 4.00. The van der Waals surface area contributed by atoms with Gasteiger partial charge in [-0.15, -0.1) is 0 Å². The fourth-order valence-corrected chi connectivity index (χ4v) is 3.38. The SMILES string of the molecule is CC(C)[C@@H](C(=O)O)c1ccc(N2CC(O)=C(c3ccccc3)C2=N)cc1. The molecule has 1 aliphatic heterocycles. The second-order valence-electron chi connectivity index (χ2n) is 6.77. The molecule has 26 heavy (non-hydrogen) atoms. The molecule has 5 nitrogen and oxygen atoms in total. The number of amidine groups is 1. The van der Waals surface area contributed by atoms with Crippen molar-refractivity contribution in [1.82, 2.24) is 0 Å². The Balaban J connectivity index is 1.86. The lowest BCUT2D eigenvalue weighted by Gasteiger charge is -2.21. The second-order valence-corrected chi connectivity index (χ2v) is 6.77. The number of anilines is 1. The molecule has 0 bridgehead atoms. The third kappa shape index (κ3) is 3.20. The van der Waals surface area contributed by atoms with Crippen LogP contribution in [-0.4, -0.2) is 28.6 Å². The molecule has 1 atom stereocenters. The summed E-state index contributed by atoms with van der Waals surface area (Å²) >= 11 is 0. The van der Waals surface area contributed by atoms with Crippen molar-refractivity contribution in [1.29, 1.82) is 5.41 Å². The average Bonchev–Trinajstić information content (AvgIpc) is 2.90. The summed E-state index contributed by atoms with van der Waals surface area (Å²) in [7, 11) is 0. The number of carbonyl (C=O) groups is 1. The topological polar surface area (TPSA) is 84.6 Å². The molecule has 0 fully saturated rings. The first-order valence-corrected chi connectivity index (χ1v) is 8.57. The van der Waals surface area contributed by atoms with Gasteiger partial charge in [0, 0.05) is 5.69 Å². The van der Waals surface area contributed by atoms with Crippen molar-refractivity contribution >= 4 is 23.1 Å². The first-order valence-electron chi connectivity index (χ1n) is 8.57. The first-order chi connectivity index (χ1) is 12.4. The number of nitrogens with zero attached hydrogens (tertiary/aromatic N) is 1. The molecule has 1 heterocycles. The van der Waals surface area contributed by atoms with Gasteiger partial charge in [0.1, 0.15) is 11.6 Å². The molecule has 2 aromatic carbocycles. The number of hydrogen-bond acceptors (Lipinski definition) is 3. The standard InChI is InChI=1S/C21H22N2O3/c1-13(2)18(21(25)26)15-8-10-16(11-9-15)23-12-17(24)19(20(23)22)14-6-4-3-5-7-14/h3-11,13,18,22,24H,12H2,1-2H3,(H,25,26)/t18-/m1/s1. The van der Waals surface area contributed by atoms with Gasteiger partial charge in [-0.05, 0) is 29.2 Å². The molecule has 0 aliphatic carbocycles. The quantitative estimate of drug-likeness (QED) is 0.751. The van der Waals surface area contributed by atoms with E-state index in [0.717, 1.165) is 16.8 Å². The molecule has 0 aromatic heterocycles. The zero-order valence-corrected chi connectivity index (χ0v) is 14.8. The first kappa shape index (κ1) is 17.7. The summed E-state index contributed by atoms with van der Waals surface area (Å²) in [6, 6.07) is 16.6. The van der Waals surface area contributed by atoms with Gasteiger partial charge in [-0.2, -0.15) is 0 Å². The zero-order chi connectivity index (χ0) is 18.8. The molecular weight excluding hydrogens is 328 g/mol. The van der Waals surface area contributed by atoms with Crippen LogP contribution < -0.4 is 4.90 Å². The van der Waals surface area contributed by atoms with E-state index in [-0.39, 0.29) is 24.1 Å². The number of aliphatic hydroxyl groups excluding tert-OH is 1. The minimum atomic E-state index is -0.840. The van der Waals surface area contributed by atoms with Gasteiger partial charge in [0.25, 0.3) is 0 Å². The predicted molar refractivity (Wildman–Crippen MR) is 103 cm³/mol. The van der Waals surface area contributed by atoms with E-state index in [2.05, 4.69) is 0 Å². The number of carboxylic acids is 1. The van der Waals surface area contributed by atoms with Crippen molar-refractivity contribution in [2.75, 3.05) is 11.4 Å². The molecule has 5 heteroatoms. The lowest BCUT2D eigenvalue weighted by atomic mass is 9.88. The molecule has 0 unspecified atom stereocenters. The van der Waals surface area contributed by atoms with Crippen molar-refractivity contribution in [2.24, 2.45) is 5.92 Å². The van der Waals surface area contributed by atoms with Gasteiger partial charge >= 0.3 is 5.97 Å². The van der Waals surface area contributed by atoms with Crippen LogP contribution in [-0.2, 0) is 4.79 Å². The van der Waals surface area contributed by atoms with Gasteiger partial charge in [0.15, 0.2) is 0 Å². The Morgan fingerprint density at radius 3 is 2.23 bits per heavy atom. The van der Waals surface area contributed by atoms with Crippen LogP contribution in [0.25, 0.3) is 5.57 Å². The van der Waals surface area contributed by atoms with E-state index in [9.17, 15) is 15.0 Å². The van der Waals surface area contributed by atoms with Crippen LogP contribution in [0, 0.1) is 11.3 Å². The average molecular weight is 350 g/mol. The molecule has 0 spiro atoms. The number of nitrogens with one attached hydrogen (secondary N) is 1. The van der Waals surface area contributed by atoms with Crippen molar-refractivity contribution in [3.8, 4) is 0 Å². The lowest BCUT2D eigenvalue weighted by molar-refractivity contribution is -0.139. The number of rotatable bonds is 5. The predicted octanol–water partition coefficient (Wildman–Crippen LogP) is 4.28. The molecule has 1 aliphatic rings. The van der Waals surface area contributed by atoms with Crippen LogP contribution >= 0.6 is 0 Å². The maximum absolute atomic E-state index is 11.5. The third-order valence-corrected chi connectivity index (χ3v) is 4.66. The number of hydrogen-bond donors (Lipinski definition) is 3. The Morgan fingerprint density at radius 1 is 1.08 bits per heavy atom. The highest BCUT2D eigenvalue weighted by atomic mass is 16.4. The Hall–Kier alpha value is -3.08. The Morgan fingerprint density at radius 2 is 1.69 bits per heavy atom. The van der Waals surface area contributed by atoms with E-state index in [0.29, 0.717) is 5.57 Å². The van der Waals surface area contributed by atoms with Gasteiger partial charge in [-0.1, -0.05) is 56.3 Å². The molecule has 2 aromatic rings. The summed E-state index contributed by atoms with van der Waals surface area (Å²) < 4.78 is 0. The largest absolute Gasteiger partial charge is 0.510 e. The van der Waals surface area contributed by atoms with Gasteiger partial charge in [0.2, 0.25) is 0 Å². The number of aliphatic hydroxyl groups is 1. The van der Waals surface area contributed by atoms with Crippen LogP contribution in [0.3, 0.4) is 0 Å². The van der Waals surface area contributed by atoms with Crippen molar-refractivity contribution in [2.45, 2.75) is 19.8 Å². The van der Waals surface area contributed by atoms with Gasteiger partial charge in [0.05, 0.1) is 18.0 Å². The second kappa shape index (κ2) is 7.04. The van der Waals surface area contributed by atoms with Gasteiger partial charge < -0.3 is 15.1 Å². The molecule has 134 valence electrons. The van der Waals surface area contributed by atoms with Crippen molar-refractivity contribution < 1.29 is 15.0 Å². The summed E-state index contributed by atoms with van der Waals surface area (Å²) in [4.78, 5) is 13.2.